The van der Waals surface area contributed by atoms with E-state index >= 15 is 0 Å². The predicted molar refractivity (Wildman–Crippen MR) is 122 cm³/mol. The number of halogens is 2. The zero-order valence-electron chi connectivity index (χ0n) is 17.3. The summed E-state index contributed by atoms with van der Waals surface area (Å²) in [5.74, 6) is 0.557. The van der Waals surface area contributed by atoms with Crippen molar-refractivity contribution >= 4 is 29.3 Å². The number of amides is 1. The highest BCUT2D eigenvalue weighted by Crippen LogP contribution is 2.38. The van der Waals surface area contributed by atoms with Crippen molar-refractivity contribution in [2.45, 2.75) is 50.4 Å². The van der Waals surface area contributed by atoms with Gasteiger partial charge in [-0.3, -0.25) is 9.36 Å². The van der Waals surface area contributed by atoms with Crippen molar-refractivity contribution in [1.29, 1.82) is 0 Å². The van der Waals surface area contributed by atoms with Crippen molar-refractivity contribution in [2.75, 3.05) is 5.75 Å². The van der Waals surface area contributed by atoms with E-state index in [9.17, 15) is 9.18 Å². The molecule has 3 aromatic rings. The first-order valence-corrected chi connectivity index (χ1v) is 11.7. The van der Waals surface area contributed by atoms with Crippen LogP contribution < -0.4 is 5.32 Å². The molecular weight excluding hydrogens is 435 g/mol. The molecule has 2 aromatic carbocycles. The molecule has 0 saturated heterocycles. The quantitative estimate of drug-likeness (QED) is 0.470. The lowest BCUT2D eigenvalue weighted by Gasteiger charge is -2.17. The monoisotopic (exact) mass is 458 g/mol. The molecule has 1 N–H and O–H groups in total. The van der Waals surface area contributed by atoms with Crippen LogP contribution in [0.4, 0.5) is 4.39 Å². The molecule has 4 rings (SSSR count). The van der Waals surface area contributed by atoms with Crippen molar-refractivity contribution in [3.05, 3.63) is 64.4 Å². The number of benzene rings is 2. The lowest BCUT2D eigenvalue weighted by atomic mass is 10.1. The summed E-state index contributed by atoms with van der Waals surface area (Å²) in [5, 5.41) is 13.0. The number of rotatable bonds is 7. The Kier molecular flexibility index (Phi) is 6.92. The van der Waals surface area contributed by atoms with Crippen molar-refractivity contribution < 1.29 is 9.18 Å². The molecule has 31 heavy (non-hydrogen) atoms. The number of aryl methyl sites for hydroxylation is 1. The van der Waals surface area contributed by atoms with E-state index in [1.54, 1.807) is 13.0 Å². The van der Waals surface area contributed by atoms with Gasteiger partial charge in [-0.1, -0.05) is 60.5 Å². The molecule has 5 nitrogen and oxygen atoms in total. The maximum atomic E-state index is 13.7. The second kappa shape index (κ2) is 9.83. The van der Waals surface area contributed by atoms with Gasteiger partial charge >= 0.3 is 0 Å². The number of aromatic nitrogens is 3. The minimum absolute atomic E-state index is 0.133. The Morgan fingerprint density at radius 2 is 2.00 bits per heavy atom. The number of thioether (sulfide) groups is 1. The van der Waals surface area contributed by atoms with Crippen LogP contribution in [0.5, 0.6) is 0 Å². The SMILES string of the molecule is Cc1ccc(CNC(=O)CSc2nnc(-c3ccccc3Cl)n2C2CCCC2)cc1F. The Hall–Kier alpha value is -2.38. The highest BCUT2D eigenvalue weighted by molar-refractivity contribution is 7.99. The molecule has 1 heterocycles. The van der Waals surface area contributed by atoms with E-state index < -0.39 is 0 Å². The average molecular weight is 459 g/mol. The van der Waals surface area contributed by atoms with Gasteiger partial charge in [-0.05, 0) is 49.1 Å². The molecule has 1 aliphatic carbocycles. The van der Waals surface area contributed by atoms with Gasteiger partial charge in [0, 0.05) is 18.2 Å². The van der Waals surface area contributed by atoms with Gasteiger partial charge in [0.25, 0.3) is 0 Å². The predicted octanol–water partition coefficient (Wildman–Crippen LogP) is 5.57. The van der Waals surface area contributed by atoms with Crippen LogP contribution >= 0.6 is 23.4 Å². The Morgan fingerprint density at radius 3 is 2.74 bits per heavy atom. The van der Waals surface area contributed by atoms with E-state index in [2.05, 4.69) is 20.1 Å². The molecule has 1 aliphatic rings. The topological polar surface area (TPSA) is 59.8 Å². The third-order valence-corrected chi connectivity index (χ3v) is 6.80. The van der Waals surface area contributed by atoms with Crippen molar-refractivity contribution in [1.82, 2.24) is 20.1 Å². The standard InChI is InChI=1S/C23H24ClFN4OS/c1-15-10-11-16(12-20(15)25)13-26-21(30)14-31-23-28-27-22(18-8-4-5-9-19(18)24)29(23)17-6-2-3-7-17/h4-5,8-12,17H,2-3,6-7,13-14H2,1H3,(H,26,30). The first kappa shape index (κ1) is 21.8. The lowest BCUT2D eigenvalue weighted by Crippen LogP contribution is -2.25. The number of nitrogens with one attached hydrogen (secondary N) is 1. The van der Waals surface area contributed by atoms with Crippen LogP contribution in [-0.4, -0.2) is 26.4 Å². The van der Waals surface area contributed by atoms with Crippen LogP contribution in [0, 0.1) is 12.7 Å². The third-order valence-electron chi connectivity index (χ3n) is 5.53. The lowest BCUT2D eigenvalue weighted by molar-refractivity contribution is -0.118. The first-order valence-electron chi connectivity index (χ1n) is 10.4. The van der Waals surface area contributed by atoms with E-state index in [4.69, 9.17) is 11.6 Å². The van der Waals surface area contributed by atoms with Gasteiger partial charge in [0.2, 0.25) is 5.91 Å². The first-order chi connectivity index (χ1) is 15.0. The number of carbonyl (C=O) groups is 1. The van der Waals surface area contributed by atoms with E-state index in [1.165, 1.54) is 30.7 Å². The van der Waals surface area contributed by atoms with Crippen molar-refractivity contribution in [3.63, 3.8) is 0 Å². The van der Waals surface area contributed by atoms with Gasteiger partial charge in [-0.25, -0.2) is 4.39 Å². The van der Waals surface area contributed by atoms with Gasteiger partial charge < -0.3 is 5.32 Å². The number of nitrogens with zero attached hydrogens (tertiary/aromatic N) is 3. The summed E-state index contributed by atoms with van der Waals surface area (Å²) in [7, 11) is 0. The molecule has 0 radical (unpaired) electrons. The van der Waals surface area contributed by atoms with Crippen molar-refractivity contribution in [2.24, 2.45) is 0 Å². The number of hydrogen-bond donors (Lipinski definition) is 1. The number of hydrogen-bond acceptors (Lipinski definition) is 4. The molecule has 0 bridgehead atoms. The van der Waals surface area contributed by atoms with E-state index in [0.29, 0.717) is 16.6 Å². The van der Waals surface area contributed by atoms with Gasteiger partial charge in [-0.2, -0.15) is 0 Å². The summed E-state index contributed by atoms with van der Waals surface area (Å²) in [4.78, 5) is 12.4. The summed E-state index contributed by atoms with van der Waals surface area (Å²) in [6.07, 6.45) is 4.47. The highest BCUT2D eigenvalue weighted by atomic mass is 35.5. The fraction of sp³-hybridized carbons (Fsp3) is 0.348. The molecule has 1 aromatic heterocycles. The fourth-order valence-electron chi connectivity index (χ4n) is 3.82. The van der Waals surface area contributed by atoms with Gasteiger partial charge in [0.05, 0.1) is 10.8 Å². The van der Waals surface area contributed by atoms with E-state index in [-0.39, 0.29) is 24.0 Å². The average Bonchev–Trinajstić information content (AvgIpc) is 3.43. The zero-order chi connectivity index (χ0) is 21.8. The molecule has 1 saturated carbocycles. The van der Waals surface area contributed by atoms with Crippen LogP contribution in [0.15, 0.2) is 47.6 Å². The summed E-state index contributed by atoms with van der Waals surface area (Å²) >= 11 is 7.78. The van der Waals surface area contributed by atoms with Crippen LogP contribution in [0.1, 0.15) is 42.9 Å². The van der Waals surface area contributed by atoms with Crippen molar-refractivity contribution in [3.8, 4) is 11.4 Å². The Balaban J connectivity index is 1.46. The summed E-state index contributed by atoms with van der Waals surface area (Å²) < 4.78 is 15.8. The Bertz CT molecular complexity index is 1080. The van der Waals surface area contributed by atoms with Gasteiger partial charge in [-0.15, -0.1) is 10.2 Å². The molecule has 8 heteroatoms. The molecule has 0 spiro atoms. The fourth-order valence-corrected chi connectivity index (χ4v) is 4.88. The normalized spacial score (nSPS) is 14.2. The minimum atomic E-state index is -0.266. The van der Waals surface area contributed by atoms with Crippen LogP contribution in [0.2, 0.25) is 5.02 Å². The summed E-state index contributed by atoms with van der Waals surface area (Å²) in [5.41, 5.74) is 2.17. The highest BCUT2D eigenvalue weighted by Gasteiger charge is 2.26. The largest absolute Gasteiger partial charge is 0.351 e. The van der Waals surface area contributed by atoms with E-state index in [0.717, 1.165) is 34.9 Å². The second-order valence-corrected chi connectivity index (χ2v) is 9.09. The molecule has 0 unspecified atom stereocenters. The Labute approximate surface area is 190 Å². The minimum Gasteiger partial charge on any atom is -0.351 e. The maximum Gasteiger partial charge on any atom is 0.230 e. The molecular formula is C23H24ClFN4OS. The smallest absolute Gasteiger partial charge is 0.230 e. The third kappa shape index (κ3) is 5.10. The second-order valence-electron chi connectivity index (χ2n) is 7.74. The van der Waals surface area contributed by atoms with Gasteiger partial charge in [0.15, 0.2) is 11.0 Å². The summed E-state index contributed by atoms with van der Waals surface area (Å²) in [6.45, 7) is 2.00. The van der Waals surface area contributed by atoms with E-state index in [1.807, 2.05) is 30.3 Å². The van der Waals surface area contributed by atoms with Crippen LogP contribution in [0.25, 0.3) is 11.4 Å². The van der Waals surface area contributed by atoms with Crippen LogP contribution in [-0.2, 0) is 11.3 Å². The molecule has 162 valence electrons. The molecule has 1 fully saturated rings. The molecule has 0 aliphatic heterocycles. The van der Waals surface area contributed by atoms with Crippen LogP contribution in [0.3, 0.4) is 0 Å². The van der Waals surface area contributed by atoms with Gasteiger partial charge in [0.1, 0.15) is 5.82 Å². The summed E-state index contributed by atoms with van der Waals surface area (Å²) in [6, 6.07) is 12.9. The molecule has 0 atom stereocenters. The zero-order valence-corrected chi connectivity index (χ0v) is 18.8. The maximum absolute atomic E-state index is 13.7. The molecule has 1 amide bonds. The Morgan fingerprint density at radius 1 is 1.23 bits per heavy atom. The number of carbonyl (C=O) groups excluding carboxylic acids is 1.